The third-order valence-electron chi connectivity index (χ3n) is 4.83. The SMILES string of the molecule is O=C(CSC1NC(=O)C2CNN(c3ccccc3)C2N1)Nc1cccc([N+](=O)[O-])c1. The van der Waals surface area contributed by atoms with Crippen LogP contribution in [0.1, 0.15) is 0 Å². The molecule has 2 aliphatic heterocycles. The predicted octanol–water partition coefficient (Wildman–Crippen LogP) is 1.24. The number of rotatable bonds is 6. The second-order valence-corrected chi connectivity index (χ2v) is 7.93. The monoisotopic (exact) mass is 428 g/mol. The van der Waals surface area contributed by atoms with Crippen LogP contribution in [0.15, 0.2) is 54.6 Å². The van der Waals surface area contributed by atoms with Crippen molar-refractivity contribution in [2.75, 3.05) is 22.6 Å². The van der Waals surface area contributed by atoms with Gasteiger partial charge in [0.15, 0.2) is 0 Å². The molecule has 3 unspecified atom stereocenters. The predicted molar refractivity (Wildman–Crippen MR) is 113 cm³/mol. The van der Waals surface area contributed by atoms with Gasteiger partial charge in [-0.2, -0.15) is 0 Å². The quantitative estimate of drug-likeness (QED) is 0.400. The number of carbonyl (C=O) groups excluding carboxylic acids is 2. The number of hydrogen-bond acceptors (Lipinski definition) is 8. The zero-order valence-electron chi connectivity index (χ0n) is 15.8. The Kier molecular flexibility index (Phi) is 5.84. The average Bonchev–Trinajstić information content (AvgIpc) is 3.18. The fourth-order valence-electron chi connectivity index (χ4n) is 3.43. The van der Waals surface area contributed by atoms with Crippen LogP contribution in [0, 0.1) is 16.0 Å². The van der Waals surface area contributed by atoms with Gasteiger partial charge in [0.1, 0.15) is 11.7 Å². The molecule has 30 heavy (non-hydrogen) atoms. The van der Waals surface area contributed by atoms with Crippen molar-refractivity contribution in [1.82, 2.24) is 16.1 Å². The molecule has 0 aliphatic carbocycles. The number of hydrogen-bond donors (Lipinski definition) is 4. The van der Waals surface area contributed by atoms with Crippen LogP contribution in [-0.2, 0) is 9.59 Å². The van der Waals surface area contributed by atoms with Gasteiger partial charge in [0.2, 0.25) is 11.8 Å². The number of nitro benzene ring substituents is 1. The molecule has 0 spiro atoms. The summed E-state index contributed by atoms with van der Waals surface area (Å²) in [5, 5.41) is 21.7. The van der Waals surface area contributed by atoms with Crippen LogP contribution < -0.4 is 26.4 Å². The van der Waals surface area contributed by atoms with Gasteiger partial charge >= 0.3 is 0 Å². The highest BCUT2D eigenvalue weighted by atomic mass is 32.2. The van der Waals surface area contributed by atoms with Crippen molar-refractivity contribution in [3.63, 3.8) is 0 Å². The summed E-state index contributed by atoms with van der Waals surface area (Å²) in [6.07, 6.45) is -0.238. The van der Waals surface area contributed by atoms with Crippen LogP contribution >= 0.6 is 11.8 Å². The number of para-hydroxylation sites is 1. The fourth-order valence-corrected chi connectivity index (χ4v) is 4.26. The van der Waals surface area contributed by atoms with Gasteiger partial charge in [-0.15, -0.1) is 11.8 Å². The molecule has 2 aromatic carbocycles. The minimum absolute atomic E-state index is 0.0663. The molecule has 2 saturated heterocycles. The van der Waals surface area contributed by atoms with E-state index in [1.165, 1.54) is 30.0 Å². The van der Waals surface area contributed by atoms with Gasteiger partial charge in [-0.3, -0.25) is 30.0 Å². The molecule has 0 aromatic heterocycles. The van der Waals surface area contributed by atoms with Gasteiger partial charge in [-0.1, -0.05) is 24.3 Å². The summed E-state index contributed by atoms with van der Waals surface area (Å²) in [4.78, 5) is 35.1. The highest BCUT2D eigenvalue weighted by Crippen LogP contribution is 2.27. The van der Waals surface area contributed by atoms with E-state index in [1.54, 1.807) is 6.07 Å². The standard InChI is InChI=1S/C19H20N6O4S/c26-16(21-12-5-4-8-14(9-12)25(28)29)11-30-19-22-17-15(18(27)23-19)10-20-24(17)13-6-2-1-3-7-13/h1-9,15,17,19-20,22H,10-11H2,(H,21,26)(H,23,27). The molecule has 4 N–H and O–H groups in total. The molecule has 2 heterocycles. The van der Waals surface area contributed by atoms with E-state index in [2.05, 4.69) is 21.4 Å². The maximum Gasteiger partial charge on any atom is 0.271 e. The van der Waals surface area contributed by atoms with Crippen molar-refractivity contribution >= 4 is 40.6 Å². The van der Waals surface area contributed by atoms with Crippen molar-refractivity contribution in [2.24, 2.45) is 5.92 Å². The van der Waals surface area contributed by atoms with Crippen LogP contribution in [0.3, 0.4) is 0 Å². The summed E-state index contributed by atoms with van der Waals surface area (Å²) in [5.41, 5.74) is 4.00. The first kappa shape index (κ1) is 20.1. The van der Waals surface area contributed by atoms with Gasteiger partial charge in [0.25, 0.3) is 5.69 Å². The summed E-state index contributed by atoms with van der Waals surface area (Å²) >= 11 is 1.24. The van der Waals surface area contributed by atoms with Gasteiger partial charge in [-0.25, -0.2) is 5.43 Å². The van der Waals surface area contributed by atoms with E-state index in [9.17, 15) is 19.7 Å². The van der Waals surface area contributed by atoms with Crippen LogP contribution in [0.25, 0.3) is 0 Å². The lowest BCUT2D eigenvalue weighted by atomic mass is 10.1. The van der Waals surface area contributed by atoms with Crippen molar-refractivity contribution in [3.8, 4) is 0 Å². The van der Waals surface area contributed by atoms with E-state index in [-0.39, 0.29) is 35.3 Å². The lowest BCUT2D eigenvalue weighted by Crippen LogP contribution is -2.63. The Morgan fingerprint density at radius 1 is 1.23 bits per heavy atom. The molecular formula is C19H20N6O4S. The minimum Gasteiger partial charge on any atom is -0.331 e. The number of hydrazine groups is 1. The maximum atomic E-state index is 12.5. The highest BCUT2D eigenvalue weighted by molar-refractivity contribution is 8.00. The van der Waals surface area contributed by atoms with Crippen molar-refractivity contribution in [3.05, 3.63) is 64.7 Å². The largest absolute Gasteiger partial charge is 0.331 e. The summed E-state index contributed by atoms with van der Waals surface area (Å²) < 4.78 is 0. The van der Waals surface area contributed by atoms with Crippen LogP contribution in [0.4, 0.5) is 17.1 Å². The molecule has 0 bridgehead atoms. The third kappa shape index (κ3) is 4.37. The van der Waals surface area contributed by atoms with Gasteiger partial charge in [-0.05, 0) is 18.2 Å². The third-order valence-corrected chi connectivity index (χ3v) is 5.85. The van der Waals surface area contributed by atoms with Gasteiger partial charge in [0.05, 0.1) is 22.3 Å². The average molecular weight is 428 g/mol. The zero-order chi connectivity index (χ0) is 21.1. The van der Waals surface area contributed by atoms with Crippen molar-refractivity contribution in [1.29, 1.82) is 0 Å². The Bertz CT molecular complexity index is 959. The number of anilines is 2. The summed E-state index contributed by atoms with van der Waals surface area (Å²) in [5.74, 6) is -0.582. The number of benzene rings is 2. The number of nitrogens with zero attached hydrogens (tertiary/aromatic N) is 2. The minimum atomic E-state index is -0.517. The molecule has 0 radical (unpaired) electrons. The molecule has 2 fully saturated rings. The van der Waals surface area contributed by atoms with Crippen LogP contribution in [0.2, 0.25) is 0 Å². The molecule has 3 atom stereocenters. The van der Waals surface area contributed by atoms with Crippen LogP contribution in [0.5, 0.6) is 0 Å². The number of carbonyl (C=O) groups is 2. The number of thioether (sulfide) groups is 1. The van der Waals surface area contributed by atoms with E-state index >= 15 is 0 Å². The second-order valence-electron chi connectivity index (χ2n) is 6.84. The molecule has 11 heteroatoms. The Hall–Kier alpha value is -3.15. The first-order chi connectivity index (χ1) is 14.5. The fraction of sp³-hybridized carbons (Fsp3) is 0.263. The molecule has 156 valence electrons. The van der Waals surface area contributed by atoms with Crippen molar-refractivity contribution in [2.45, 2.75) is 11.7 Å². The smallest absolute Gasteiger partial charge is 0.271 e. The summed E-state index contributed by atoms with van der Waals surface area (Å²) in [6.45, 7) is 0.517. The number of fused-ring (bicyclic) bond motifs is 1. The Balaban J connectivity index is 1.35. The molecular weight excluding hydrogens is 408 g/mol. The Morgan fingerprint density at radius 3 is 2.80 bits per heavy atom. The summed E-state index contributed by atoms with van der Waals surface area (Å²) in [7, 11) is 0. The van der Waals surface area contributed by atoms with E-state index in [4.69, 9.17) is 0 Å². The van der Waals surface area contributed by atoms with E-state index in [0.29, 0.717) is 12.2 Å². The topological polar surface area (TPSA) is 129 Å². The van der Waals surface area contributed by atoms with E-state index in [0.717, 1.165) is 5.69 Å². The first-order valence-corrected chi connectivity index (χ1v) is 10.4. The normalized spacial score (nSPS) is 22.9. The number of nitrogens with one attached hydrogen (secondary N) is 4. The van der Waals surface area contributed by atoms with E-state index in [1.807, 2.05) is 35.3 Å². The maximum absolute atomic E-state index is 12.5. The lowest BCUT2D eigenvalue weighted by molar-refractivity contribution is -0.384. The molecule has 4 rings (SSSR count). The number of amides is 2. The molecule has 10 nitrogen and oxygen atoms in total. The van der Waals surface area contributed by atoms with Gasteiger partial charge < -0.3 is 10.6 Å². The lowest BCUT2D eigenvalue weighted by Gasteiger charge is -2.37. The Morgan fingerprint density at radius 2 is 2.03 bits per heavy atom. The number of non-ortho nitro benzene ring substituents is 1. The Labute approximate surface area is 176 Å². The molecule has 2 amide bonds. The summed E-state index contributed by atoms with van der Waals surface area (Å²) in [6, 6.07) is 15.5. The van der Waals surface area contributed by atoms with Crippen LogP contribution in [-0.4, -0.2) is 40.7 Å². The molecule has 0 saturated carbocycles. The zero-order valence-corrected chi connectivity index (χ0v) is 16.6. The molecule has 2 aromatic rings. The second kappa shape index (κ2) is 8.69. The number of nitro groups is 1. The molecule has 2 aliphatic rings. The highest BCUT2D eigenvalue weighted by Gasteiger charge is 2.44. The first-order valence-electron chi connectivity index (χ1n) is 9.31. The van der Waals surface area contributed by atoms with Gasteiger partial charge in [0, 0.05) is 24.4 Å². The van der Waals surface area contributed by atoms with Crippen molar-refractivity contribution < 1.29 is 14.5 Å². The van der Waals surface area contributed by atoms with E-state index < -0.39 is 10.4 Å².